The molecule has 1 aromatic rings. The number of carbonyl (C=O) groups excluding carboxylic acids is 1. The van der Waals surface area contributed by atoms with Crippen LogP contribution >= 0.6 is 0 Å². The molecule has 0 radical (unpaired) electrons. The summed E-state index contributed by atoms with van der Waals surface area (Å²) in [6.45, 7) is 5.59. The molecular formula is C12H17N3O3. The third kappa shape index (κ3) is 4.40. The third-order valence-electron chi connectivity index (χ3n) is 1.97. The predicted molar refractivity (Wildman–Crippen MR) is 67.6 cm³/mol. The van der Waals surface area contributed by atoms with Crippen LogP contribution < -0.4 is 10.6 Å². The van der Waals surface area contributed by atoms with Gasteiger partial charge in [-0.1, -0.05) is 0 Å². The van der Waals surface area contributed by atoms with Gasteiger partial charge < -0.3 is 15.7 Å². The fraction of sp³-hybridized carbons (Fsp3) is 0.417. The molecule has 0 saturated carbocycles. The number of carboxylic acids is 1. The van der Waals surface area contributed by atoms with Crippen molar-refractivity contribution in [3.63, 3.8) is 0 Å². The van der Waals surface area contributed by atoms with Crippen molar-refractivity contribution in [1.29, 1.82) is 0 Å². The summed E-state index contributed by atoms with van der Waals surface area (Å²) in [7, 11) is 0. The number of pyridine rings is 1. The summed E-state index contributed by atoms with van der Waals surface area (Å²) in [5.74, 6) is -1.11. The van der Waals surface area contributed by atoms with Gasteiger partial charge in [0.05, 0.1) is 6.54 Å². The first kappa shape index (κ1) is 14.0. The highest BCUT2D eigenvalue weighted by Gasteiger charge is 2.15. The number of carboxylic acid groups (broad SMARTS) is 1. The van der Waals surface area contributed by atoms with Crippen LogP contribution in [-0.2, 0) is 4.79 Å². The smallest absolute Gasteiger partial charge is 0.339 e. The Kier molecular flexibility index (Phi) is 4.25. The van der Waals surface area contributed by atoms with Gasteiger partial charge in [-0.15, -0.1) is 0 Å². The average Bonchev–Trinajstić information content (AvgIpc) is 2.24. The summed E-state index contributed by atoms with van der Waals surface area (Å²) in [6.07, 6.45) is 1.47. The molecule has 0 spiro atoms. The van der Waals surface area contributed by atoms with Crippen LogP contribution in [0.15, 0.2) is 18.3 Å². The number of nitrogens with zero attached hydrogens (tertiary/aromatic N) is 1. The van der Waals surface area contributed by atoms with Gasteiger partial charge in [0.25, 0.3) is 0 Å². The summed E-state index contributed by atoms with van der Waals surface area (Å²) in [4.78, 5) is 26.4. The zero-order chi connectivity index (χ0) is 13.8. The van der Waals surface area contributed by atoms with Crippen molar-refractivity contribution in [2.45, 2.75) is 26.3 Å². The Labute approximate surface area is 105 Å². The number of nitrogens with one attached hydrogen (secondary N) is 2. The van der Waals surface area contributed by atoms with Crippen molar-refractivity contribution in [3.05, 3.63) is 23.9 Å². The molecule has 0 aliphatic heterocycles. The molecular weight excluding hydrogens is 234 g/mol. The van der Waals surface area contributed by atoms with Crippen molar-refractivity contribution in [1.82, 2.24) is 10.3 Å². The SMILES string of the molecule is CC(C)(C)NC(=O)CNc1ncccc1C(=O)O. The maximum atomic E-state index is 11.6. The average molecular weight is 251 g/mol. The first-order valence-corrected chi connectivity index (χ1v) is 5.53. The molecule has 1 heterocycles. The quantitative estimate of drug-likeness (QED) is 0.745. The third-order valence-corrected chi connectivity index (χ3v) is 1.97. The summed E-state index contributed by atoms with van der Waals surface area (Å²) >= 11 is 0. The second kappa shape index (κ2) is 5.48. The highest BCUT2D eigenvalue weighted by molar-refractivity contribution is 5.93. The van der Waals surface area contributed by atoms with Crippen LogP contribution in [0.3, 0.4) is 0 Å². The monoisotopic (exact) mass is 251 g/mol. The molecule has 6 heteroatoms. The number of amides is 1. The molecule has 18 heavy (non-hydrogen) atoms. The molecule has 0 unspecified atom stereocenters. The minimum atomic E-state index is -1.08. The molecule has 1 rings (SSSR count). The van der Waals surface area contributed by atoms with Crippen molar-refractivity contribution in [3.8, 4) is 0 Å². The molecule has 6 nitrogen and oxygen atoms in total. The van der Waals surface area contributed by atoms with Crippen molar-refractivity contribution in [2.24, 2.45) is 0 Å². The molecule has 0 fully saturated rings. The zero-order valence-corrected chi connectivity index (χ0v) is 10.7. The van der Waals surface area contributed by atoms with E-state index in [0.717, 1.165) is 0 Å². The van der Waals surface area contributed by atoms with E-state index in [0.29, 0.717) is 0 Å². The minimum Gasteiger partial charge on any atom is -0.478 e. The highest BCUT2D eigenvalue weighted by Crippen LogP contribution is 2.10. The molecule has 1 aromatic heterocycles. The van der Waals surface area contributed by atoms with E-state index >= 15 is 0 Å². The molecule has 0 atom stereocenters. The molecule has 0 aliphatic carbocycles. The van der Waals surface area contributed by atoms with E-state index in [1.165, 1.54) is 18.3 Å². The Morgan fingerprint density at radius 3 is 2.61 bits per heavy atom. The van der Waals surface area contributed by atoms with Crippen molar-refractivity contribution in [2.75, 3.05) is 11.9 Å². The van der Waals surface area contributed by atoms with Crippen LogP contribution in [0.25, 0.3) is 0 Å². The van der Waals surface area contributed by atoms with Crippen LogP contribution in [0.4, 0.5) is 5.82 Å². The second-order valence-corrected chi connectivity index (χ2v) is 4.86. The lowest BCUT2D eigenvalue weighted by Crippen LogP contribution is -2.43. The van der Waals surface area contributed by atoms with E-state index in [1.54, 1.807) is 0 Å². The van der Waals surface area contributed by atoms with Gasteiger partial charge in [-0.2, -0.15) is 0 Å². The van der Waals surface area contributed by atoms with Crippen LogP contribution in [0, 0.1) is 0 Å². The largest absolute Gasteiger partial charge is 0.478 e. The Balaban J connectivity index is 2.64. The summed E-state index contributed by atoms with van der Waals surface area (Å²) in [5.41, 5.74) is -0.278. The maximum absolute atomic E-state index is 11.6. The standard InChI is InChI=1S/C12H17N3O3/c1-12(2,3)15-9(16)7-14-10-8(11(17)18)5-4-6-13-10/h4-6H,7H2,1-3H3,(H,13,14)(H,15,16)(H,17,18). The van der Waals surface area contributed by atoms with E-state index in [-0.39, 0.29) is 29.4 Å². The molecule has 1 amide bonds. The first-order chi connectivity index (χ1) is 8.29. The number of aromatic nitrogens is 1. The number of hydrogen-bond donors (Lipinski definition) is 3. The molecule has 0 aliphatic rings. The topological polar surface area (TPSA) is 91.3 Å². The van der Waals surface area contributed by atoms with Crippen LogP contribution in [0.2, 0.25) is 0 Å². The Bertz CT molecular complexity index is 452. The van der Waals surface area contributed by atoms with E-state index in [9.17, 15) is 9.59 Å². The zero-order valence-electron chi connectivity index (χ0n) is 10.7. The molecule has 0 bridgehead atoms. The minimum absolute atomic E-state index is 0.0193. The number of hydrogen-bond acceptors (Lipinski definition) is 4. The van der Waals surface area contributed by atoms with Crippen LogP contribution in [0.5, 0.6) is 0 Å². The number of carbonyl (C=O) groups is 2. The Hall–Kier alpha value is -2.11. The normalized spacial score (nSPS) is 10.8. The second-order valence-electron chi connectivity index (χ2n) is 4.86. The summed E-state index contributed by atoms with van der Waals surface area (Å²) in [6, 6.07) is 2.96. The van der Waals surface area contributed by atoms with E-state index in [1.807, 2.05) is 20.8 Å². The van der Waals surface area contributed by atoms with E-state index < -0.39 is 5.97 Å². The Morgan fingerprint density at radius 1 is 1.39 bits per heavy atom. The van der Waals surface area contributed by atoms with Crippen LogP contribution in [0.1, 0.15) is 31.1 Å². The van der Waals surface area contributed by atoms with Gasteiger partial charge in [0.2, 0.25) is 5.91 Å². The lowest BCUT2D eigenvalue weighted by molar-refractivity contribution is -0.120. The lowest BCUT2D eigenvalue weighted by Gasteiger charge is -2.20. The van der Waals surface area contributed by atoms with Gasteiger partial charge in [-0.3, -0.25) is 4.79 Å². The van der Waals surface area contributed by atoms with Gasteiger partial charge >= 0.3 is 5.97 Å². The van der Waals surface area contributed by atoms with Crippen molar-refractivity contribution >= 4 is 17.7 Å². The molecule has 0 saturated heterocycles. The van der Waals surface area contributed by atoms with Gasteiger partial charge in [-0.25, -0.2) is 9.78 Å². The number of rotatable bonds is 4. The molecule has 0 aromatic carbocycles. The lowest BCUT2D eigenvalue weighted by atomic mass is 10.1. The Morgan fingerprint density at radius 2 is 2.06 bits per heavy atom. The van der Waals surface area contributed by atoms with Gasteiger partial charge in [-0.05, 0) is 32.9 Å². The predicted octanol–water partition coefficient (Wildman–Crippen LogP) is 1.11. The van der Waals surface area contributed by atoms with Crippen LogP contribution in [-0.4, -0.2) is 34.1 Å². The number of anilines is 1. The van der Waals surface area contributed by atoms with Gasteiger partial charge in [0.1, 0.15) is 11.4 Å². The fourth-order valence-corrected chi connectivity index (χ4v) is 1.35. The fourth-order valence-electron chi connectivity index (χ4n) is 1.35. The molecule has 3 N–H and O–H groups in total. The number of aromatic carboxylic acids is 1. The van der Waals surface area contributed by atoms with Gasteiger partial charge in [0.15, 0.2) is 0 Å². The van der Waals surface area contributed by atoms with E-state index in [2.05, 4.69) is 15.6 Å². The van der Waals surface area contributed by atoms with Gasteiger partial charge in [0, 0.05) is 11.7 Å². The summed E-state index contributed by atoms with van der Waals surface area (Å²) in [5, 5.41) is 14.4. The van der Waals surface area contributed by atoms with E-state index in [4.69, 9.17) is 5.11 Å². The first-order valence-electron chi connectivity index (χ1n) is 5.53. The highest BCUT2D eigenvalue weighted by atomic mass is 16.4. The molecule has 98 valence electrons. The summed E-state index contributed by atoms with van der Waals surface area (Å²) < 4.78 is 0. The van der Waals surface area contributed by atoms with Crippen molar-refractivity contribution < 1.29 is 14.7 Å². The maximum Gasteiger partial charge on any atom is 0.339 e.